The minimum Gasteiger partial charge on any atom is -0.465 e. The molecule has 6 heteroatoms. The molecule has 2 rings (SSSR count). The van der Waals surface area contributed by atoms with Gasteiger partial charge in [0.2, 0.25) is 0 Å². The number of methoxy groups -OCH3 is 1. The molecule has 0 spiro atoms. The van der Waals surface area contributed by atoms with Gasteiger partial charge in [0.25, 0.3) is 5.91 Å². The van der Waals surface area contributed by atoms with Crippen molar-refractivity contribution in [1.29, 1.82) is 0 Å². The van der Waals surface area contributed by atoms with Crippen LogP contribution in [0.2, 0.25) is 0 Å². The van der Waals surface area contributed by atoms with Gasteiger partial charge in [-0.05, 0) is 36.8 Å². The van der Waals surface area contributed by atoms with Gasteiger partial charge in [-0.15, -0.1) is 0 Å². The van der Waals surface area contributed by atoms with Crippen molar-refractivity contribution in [3.63, 3.8) is 0 Å². The highest BCUT2D eigenvalue weighted by atomic mass is 19.1. The average molecular weight is 288 g/mol. The predicted octanol–water partition coefficient (Wildman–Crippen LogP) is 2.57. The fourth-order valence-electron chi connectivity index (χ4n) is 1.68. The fraction of sp³-hybridized carbons (Fsp3) is 0.133. The Morgan fingerprint density at radius 2 is 2.00 bits per heavy atom. The third-order valence-electron chi connectivity index (χ3n) is 2.87. The van der Waals surface area contributed by atoms with Crippen molar-refractivity contribution in [1.82, 2.24) is 4.98 Å². The molecule has 0 bridgehead atoms. The van der Waals surface area contributed by atoms with Crippen molar-refractivity contribution >= 4 is 17.6 Å². The summed E-state index contributed by atoms with van der Waals surface area (Å²) >= 11 is 0. The minimum absolute atomic E-state index is 0.117. The molecule has 1 N–H and O–H groups in total. The van der Waals surface area contributed by atoms with Crippen LogP contribution in [-0.2, 0) is 4.74 Å². The monoisotopic (exact) mass is 288 g/mol. The second-order valence-electron chi connectivity index (χ2n) is 4.34. The van der Waals surface area contributed by atoms with Crippen LogP contribution in [0.15, 0.2) is 36.5 Å². The number of hydrogen-bond acceptors (Lipinski definition) is 4. The summed E-state index contributed by atoms with van der Waals surface area (Å²) < 4.78 is 17.7. The normalized spacial score (nSPS) is 10.0. The Bertz CT molecular complexity index is 684. The van der Waals surface area contributed by atoms with Crippen molar-refractivity contribution in [3.05, 3.63) is 59.2 Å². The molecule has 21 heavy (non-hydrogen) atoms. The summed E-state index contributed by atoms with van der Waals surface area (Å²) in [6.45, 7) is 1.75. The van der Waals surface area contributed by atoms with E-state index in [-0.39, 0.29) is 11.3 Å². The minimum atomic E-state index is -0.532. The Kier molecular flexibility index (Phi) is 4.27. The number of nitrogens with one attached hydrogen (secondary N) is 1. The third-order valence-corrected chi connectivity index (χ3v) is 2.87. The number of carbonyl (C=O) groups excluding carboxylic acids is 2. The number of halogens is 1. The van der Waals surface area contributed by atoms with E-state index in [1.165, 1.54) is 37.6 Å². The van der Waals surface area contributed by atoms with Crippen molar-refractivity contribution in [3.8, 4) is 0 Å². The molecule has 1 aromatic heterocycles. The number of benzene rings is 1. The van der Waals surface area contributed by atoms with Gasteiger partial charge in [-0.25, -0.2) is 9.18 Å². The number of pyridine rings is 1. The number of aromatic nitrogens is 1. The SMILES string of the molecule is COC(=O)c1ccc(C(=O)Nc2cc(F)ccc2C)nc1. The van der Waals surface area contributed by atoms with E-state index < -0.39 is 17.7 Å². The highest BCUT2D eigenvalue weighted by molar-refractivity contribution is 6.03. The molecule has 1 heterocycles. The predicted molar refractivity (Wildman–Crippen MR) is 74.7 cm³/mol. The molecule has 0 unspecified atom stereocenters. The number of anilines is 1. The van der Waals surface area contributed by atoms with Gasteiger partial charge in [0.05, 0.1) is 12.7 Å². The second kappa shape index (κ2) is 6.13. The average Bonchev–Trinajstić information content (AvgIpc) is 2.50. The second-order valence-corrected chi connectivity index (χ2v) is 4.34. The van der Waals surface area contributed by atoms with Crippen LogP contribution in [-0.4, -0.2) is 24.0 Å². The molecule has 0 aliphatic heterocycles. The number of aryl methyl sites for hydroxylation is 1. The van der Waals surface area contributed by atoms with Gasteiger partial charge in [0.15, 0.2) is 0 Å². The maximum absolute atomic E-state index is 13.2. The van der Waals surface area contributed by atoms with Crippen molar-refractivity contribution < 1.29 is 18.7 Å². The summed E-state index contributed by atoms with van der Waals surface area (Å²) in [6, 6.07) is 6.95. The van der Waals surface area contributed by atoms with Crippen LogP contribution < -0.4 is 5.32 Å². The maximum Gasteiger partial charge on any atom is 0.339 e. The first-order valence-corrected chi connectivity index (χ1v) is 6.13. The molecule has 2 aromatic rings. The Labute approximate surface area is 120 Å². The van der Waals surface area contributed by atoms with Gasteiger partial charge in [-0.3, -0.25) is 9.78 Å². The van der Waals surface area contributed by atoms with E-state index in [0.717, 1.165) is 5.56 Å². The highest BCUT2D eigenvalue weighted by Gasteiger charge is 2.12. The zero-order valence-corrected chi connectivity index (χ0v) is 11.5. The Morgan fingerprint density at radius 1 is 1.24 bits per heavy atom. The molecule has 108 valence electrons. The zero-order chi connectivity index (χ0) is 15.4. The Hall–Kier alpha value is -2.76. The van der Waals surface area contributed by atoms with Gasteiger partial charge < -0.3 is 10.1 Å². The smallest absolute Gasteiger partial charge is 0.339 e. The Morgan fingerprint density at radius 3 is 2.62 bits per heavy atom. The quantitative estimate of drug-likeness (QED) is 0.881. The van der Waals surface area contributed by atoms with E-state index >= 15 is 0 Å². The van der Waals surface area contributed by atoms with Crippen LogP contribution in [0.4, 0.5) is 10.1 Å². The molecule has 1 amide bonds. The number of rotatable bonds is 3. The molecule has 0 saturated carbocycles. The fourth-order valence-corrected chi connectivity index (χ4v) is 1.68. The van der Waals surface area contributed by atoms with E-state index in [4.69, 9.17) is 0 Å². The summed E-state index contributed by atoms with van der Waals surface area (Å²) in [7, 11) is 1.26. The first-order valence-electron chi connectivity index (χ1n) is 6.13. The van der Waals surface area contributed by atoms with E-state index in [1.54, 1.807) is 13.0 Å². The lowest BCUT2D eigenvalue weighted by Gasteiger charge is -2.08. The van der Waals surface area contributed by atoms with E-state index in [2.05, 4.69) is 15.0 Å². The van der Waals surface area contributed by atoms with Gasteiger partial charge in [0.1, 0.15) is 11.5 Å². The van der Waals surface area contributed by atoms with Gasteiger partial charge in [-0.1, -0.05) is 6.07 Å². The molecule has 0 atom stereocenters. The molecular formula is C15H13FN2O3. The number of esters is 1. The summed E-state index contributed by atoms with van der Waals surface area (Å²) in [6.07, 6.45) is 1.25. The van der Waals surface area contributed by atoms with Crippen LogP contribution in [0, 0.1) is 12.7 Å². The van der Waals surface area contributed by atoms with Gasteiger partial charge >= 0.3 is 5.97 Å². The number of ether oxygens (including phenoxy) is 1. The van der Waals surface area contributed by atoms with Gasteiger partial charge in [0, 0.05) is 11.9 Å². The molecule has 0 saturated heterocycles. The number of nitrogens with zero attached hydrogens (tertiary/aromatic N) is 1. The van der Waals surface area contributed by atoms with Crippen molar-refractivity contribution in [2.75, 3.05) is 12.4 Å². The van der Waals surface area contributed by atoms with Crippen LogP contribution in [0.1, 0.15) is 26.4 Å². The van der Waals surface area contributed by atoms with E-state index in [0.29, 0.717) is 5.69 Å². The third kappa shape index (κ3) is 3.42. The summed E-state index contributed by atoms with van der Waals surface area (Å²) in [5.41, 5.74) is 1.47. The van der Waals surface area contributed by atoms with Crippen LogP contribution in [0.5, 0.6) is 0 Å². The van der Waals surface area contributed by atoms with Crippen molar-refractivity contribution in [2.24, 2.45) is 0 Å². The summed E-state index contributed by atoms with van der Waals surface area (Å²) in [5, 5.41) is 2.57. The largest absolute Gasteiger partial charge is 0.465 e. The lowest BCUT2D eigenvalue weighted by atomic mass is 10.2. The number of carbonyl (C=O) groups is 2. The van der Waals surface area contributed by atoms with Crippen LogP contribution in [0.3, 0.4) is 0 Å². The highest BCUT2D eigenvalue weighted by Crippen LogP contribution is 2.16. The molecule has 0 aliphatic carbocycles. The topological polar surface area (TPSA) is 68.3 Å². The van der Waals surface area contributed by atoms with E-state index in [1.807, 2.05) is 0 Å². The molecule has 0 fully saturated rings. The summed E-state index contributed by atoms with van der Waals surface area (Å²) in [5.74, 6) is -1.46. The van der Waals surface area contributed by atoms with E-state index in [9.17, 15) is 14.0 Å². The molecule has 5 nitrogen and oxygen atoms in total. The van der Waals surface area contributed by atoms with Crippen LogP contribution >= 0.6 is 0 Å². The first-order chi connectivity index (χ1) is 10.0. The molecule has 0 radical (unpaired) electrons. The summed E-state index contributed by atoms with van der Waals surface area (Å²) in [4.78, 5) is 27.2. The standard InChI is InChI=1S/C15H13FN2O3/c1-9-3-5-11(16)7-13(9)18-14(19)12-6-4-10(8-17-12)15(20)21-2/h3-8H,1-2H3,(H,18,19). The number of amides is 1. The molecular weight excluding hydrogens is 275 g/mol. The number of hydrogen-bond donors (Lipinski definition) is 1. The maximum atomic E-state index is 13.2. The molecule has 0 aliphatic rings. The Balaban J connectivity index is 2.17. The lowest BCUT2D eigenvalue weighted by molar-refractivity contribution is 0.0600. The zero-order valence-electron chi connectivity index (χ0n) is 11.5. The van der Waals surface area contributed by atoms with Crippen LogP contribution in [0.25, 0.3) is 0 Å². The molecule has 1 aromatic carbocycles. The lowest BCUT2D eigenvalue weighted by Crippen LogP contribution is -2.15. The van der Waals surface area contributed by atoms with Gasteiger partial charge in [-0.2, -0.15) is 0 Å². The van der Waals surface area contributed by atoms with Crippen molar-refractivity contribution in [2.45, 2.75) is 6.92 Å². The first kappa shape index (κ1) is 14.6.